The lowest BCUT2D eigenvalue weighted by Crippen LogP contribution is -2.39. The molecular weight excluding hydrogens is 478 g/mol. The van der Waals surface area contributed by atoms with E-state index in [1.54, 1.807) is 24.1 Å². The molecule has 1 fully saturated rings. The quantitative estimate of drug-likeness (QED) is 0.460. The van der Waals surface area contributed by atoms with Crippen molar-refractivity contribution in [2.45, 2.75) is 12.8 Å². The maximum Gasteiger partial charge on any atom is 0.233 e. The summed E-state index contributed by atoms with van der Waals surface area (Å²) in [5, 5.41) is 1.21. The van der Waals surface area contributed by atoms with E-state index in [1.807, 2.05) is 18.2 Å². The minimum absolute atomic E-state index is 0.0324. The predicted molar refractivity (Wildman–Crippen MR) is 132 cm³/mol. The smallest absolute Gasteiger partial charge is 0.233 e. The summed E-state index contributed by atoms with van der Waals surface area (Å²) in [5.74, 6) is 1.97. The van der Waals surface area contributed by atoms with Gasteiger partial charge in [-0.2, -0.15) is 0 Å². The number of carbonyl (C=O) groups excluding carboxylic acids is 1. The summed E-state index contributed by atoms with van der Waals surface area (Å²) in [4.78, 5) is 22.4. The molecule has 0 bridgehead atoms. The van der Waals surface area contributed by atoms with Crippen molar-refractivity contribution in [2.75, 3.05) is 58.2 Å². The molecule has 5 rings (SSSR count). The minimum atomic E-state index is -0.0324. The Morgan fingerprint density at radius 1 is 1.21 bits per heavy atom. The molecule has 1 saturated heterocycles. The lowest BCUT2D eigenvalue weighted by Gasteiger charge is -2.27. The number of thiazole rings is 1. The van der Waals surface area contributed by atoms with Crippen molar-refractivity contribution in [3.63, 3.8) is 0 Å². The van der Waals surface area contributed by atoms with Crippen LogP contribution in [-0.2, 0) is 16.0 Å². The topological polar surface area (TPSA) is 73.4 Å². The number of aromatic nitrogens is 1. The number of ether oxygens (including phenoxy) is 4. The van der Waals surface area contributed by atoms with Crippen molar-refractivity contribution in [1.29, 1.82) is 0 Å². The molecule has 0 spiro atoms. The Morgan fingerprint density at radius 2 is 2.03 bits per heavy atom. The maximum atomic E-state index is 13.5. The zero-order chi connectivity index (χ0) is 23.5. The van der Waals surface area contributed by atoms with E-state index in [-0.39, 0.29) is 19.1 Å². The lowest BCUT2D eigenvalue weighted by molar-refractivity contribution is -0.118. The normalized spacial score (nSPS) is 15.6. The first-order valence-corrected chi connectivity index (χ1v) is 12.4. The molecule has 1 amide bonds. The van der Waals surface area contributed by atoms with E-state index >= 15 is 0 Å². The Kier molecular flexibility index (Phi) is 7.05. The van der Waals surface area contributed by atoms with Crippen LogP contribution in [0.15, 0.2) is 30.3 Å². The Morgan fingerprint density at radius 3 is 2.85 bits per heavy atom. The summed E-state index contributed by atoms with van der Waals surface area (Å²) in [5.41, 5.74) is 1.54. The molecule has 34 heavy (non-hydrogen) atoms. The number of anilines is 1. The zero-order valence-corrected chi connectivity index (χ0v) is 20.5. The van der Waals surface area contributed by atoms with E-state index in [9.17, 15) is 4.79 Å². The van der Waals surface area contributed by atoms with Crippen molar-refractivity contribution in [2.24, 2.45) is 0 Å². The van der Waals surface area contributed by atoms with Gasteiger partial charge in [-0.05, 0) is 36.2 Å². The summed E-state index contributed by atoms with van der Waals surface area (Å²) in [6.45, 7) is 4.99. The number of amides is 1. The molecule has 0 aliphatic carbocycles. The van der Waals surface area contributed by atoms with Crippen LogP contribution in [0.3, 0.4) is 0 Å². The third kappa shape index (κ3) is 4.93. The molecule has 0 atom stereocenters. The van der Waals surface area contributed by atoms with Crippen LogP contribution in [0.1, 0.15) is 12.0 Å². The maximum absolute atomic E-state index is 13.5. The van der Waals surface area contributed by atoms with Crippen LogP contribution in [0.4, 0.5) is 5.13 Å². The molecular formula is C24H26ClN3O5S. The van der Waals surface area contributed by atoms with Gasteiger partial charge in [-0.3, -0.25) is 14.6 Å². The van der Waals surface area contributed by atoms with Gasteiger partial charge in [0, 0.05) is 26.2 Å². The summed E-state index contributed by atoms with van der Waals surface area (Å²) in [7, 11) is 1.60. The van der Waals surface area contributed by atoms with Gasteiger partial charge in [0.25, 0.3) is 0 Å². The number of benzene rings is 2. The van der Waals surface area contributed by atoms with E-state index in [0.29, 0.717) is 39.5 Å². The number of hydrogen-bond acceptors (Lipinski definition) is 8. The first-order chi connectivity index (χ1) is 16.6. The minimum Gasteiger partial charge on any atom is -0.494 e. The number of halogens is 1. The molecule has 180 valence electrons. The summed E-state index contributed by atoms with van der Waals surface area (Å²) < 4.78 is 22.6. The number of hydrogen-bond donors (Lipinski definition) is 0. The Balaban J connectivity index is 1.39. The van der Waals surface area contributed by atoms with E-state index in [0.717, 1.165) is 49.5 Å². The third-order valence-electron chi connectivity index (χ3n) is 5.95. The molecule has 10 heteroatoms. The fourth-order valence-electron chi connectivity index (χ4n) is 4.15. The molecule has 3 heterocycles. The highest BCUT2D eigenvalue weighted by Crippen LogP contribution is 2.39. The molecule has 2 aliphatic heterocycles. The first-order valence-electron chi connectivity index (χ1n) is 11.2. The number of rotatable bonds is 8. The Labute approximate surface area is 206 Å². The van der Waals surface area contributed by atoms with Crippen LogP contribution in [-0.4, -0.2) is 69.1 Å². The molecule has 2 aromatic carbocycles. The number of nitrogens with zero attached hydrogens (tertiary/aromatic N) is 3. The van der Waals surface area contributed by atoms with Crippen LogP contribution >= 0.6 is 22.9 Å². The van der Waals surface area contributed by atoms with Crippen LogP contribution in [0.5, 0.6) is 17.2 Å². The standard InChI is InChI=1S/C24H26ClN3O5S/c1-30-19-6-4-17(25)23-22(19)26-24(34-23)28(8-2-7-27-9-11-31-12-10-27)21(29)14-16-3-5-18-20(13-16)33-15-32-18/h3-6,13H,2,7-12,14-15H2,1H3. The lowest BCUT2D eigenvalue weighted by atomic mass is 10.1. The summed E-state index contributed by atoms with van der Waals surface area (Å²) >= 11 is 7.85. The van der Waals surface area contributed by atoms with Gasteiger partial charge in [0.1, 0.15) is 11.3 Å². The van der Waals surface area contributed by atoms with Crippen molar-refractivity contribution in [3.05, 3.63) is 40.9 Å². The van der Waals surface area contributed by atoms with Gasteiger partial charge in [0.05, 0.1) is 36.5 Å². The molecule has 8 nitrogen and oxygen atoms in total. The number of morpholine rings is 1. The summed E-state index contributed by atoms with van der Waals surface area (Å²) in [6.07, 6.45) is 1.06. The first kappa shape index (κ1) is 23.2. The van der Waals surface area contributed by atoms with Crippen LogP contribution < -0.4 is 19.1 Å². The van der Waals surface area contributed by atoms with Gasteiger partial charge >= 0.3 is 0 Å². The van der Waals surface area contributed by atoms with Gasteiger partial charge < -0.3 is 18.9 Å². The van der Waals surface area contributed by atoms with Crippen molar-refractivity contribution in [3.8, 4) is 17.2 Å². The molecule has 0 unspecified atom stereocenters. The van der Waals surface area contributed by atoms with E-state index in [2.05, 4.69) is 4.90 Å². The molecule has 3 aromatic rings. The Hall–Kier alpha value is -2.59. The zero-order valence-electron chi connectivity index (χ0n) is 18.9. The fourth-order valence-corrected chi connectivity index (χ4v) is 5.45. The fraction of sp³-hybridized carbons (Fsp3) is 0.417. The third-order valence-corrected chi connectivity index (χ3v) is 7.49. The van der Waals surface area contributed by atoms with Crippen molar-refractivity contribution < 1.29 is 23.7 Å². The van der Waals surface area contributed by atoms with Gasteiger partial charge in [0.15, 0.2) is 16.6 Å². The van der Waals surface area contributed by atoms with Crippen molar-refractivity contribution in [1.82, 2.24) is 9.88 Å². The molecule has 0 N–H and O–H groups in total. The second-order valence-corrected chi connectivity index (χ2v) is 9.53. The van der Waals surface area contributed by atoms with Gasteiger partial charge in [-0.15, -0.1) is 0 Å². The Bertz CT molecular complexity index is 1180. The highest BCUT2D eigenvalue weighted by atomic mass is 35.5. The second-order valence-electron chi connectivity index (χ2n) is 8.14. The van der Waals surface area contributed by atoms with Crippen LogP contribution in [0, 0.1) is 0 Å². The van der Waals surface area contributed by atoms with Gasteiger partial charge in [0.2, 0.25) is 12.7 Å². The molecule has 0 radical (unpaired) electrons. The van der Waals surface area contributed by atoms with Crippen LogP contribution in [0.25, 0.3) is 10.2 Å². The second kappa shape index (κ2) is 10.4. The van der Waals surface area contributed by atoms with Crippen molar-refractivity contribution >= 4 is 44.2 Å². The highest BCUT2D eigenvalue weighted by Gasteiger charge is 2.24. The number of methoxy groups -OCH3 is 1. The monoisotopic (exact) mass is 503 g/mol. The average molecular weight is 504 g/mol. The average Bonchev–Trinajstić information content (AvgIpc) is 3.50. The predicted octanol–water partition coefficient (Wildman–Crippen LogP) is 3.99. The van der Waals surface area contributed by atoms with E-state index in [1.165, 1.54) is 11.3 Å². The largest absolute Gasteiger partial charge is 0.494 e. The van der Waals surface area contributed by atoms with Gasteiger partial charge in [-0.25, -0.2) is 4.98 Å². The molecule has 0 saturated carbocycles. The summed E-state index contributed by atoms with van der Waals surface area (Å²) in [6, 6.07) is 9.20. The number of carbonyl (C=O) groups is 1. The van der Waals surface area contributed by atoms with E-state index < -0.39 is 0 Å². The molecule has 2 aliphatic rings. The number of fused-ring (bicyclic) bond motifs is 2. The van der Waals surface area contributed by atoms with Crippen LogP contribution in [0.2, 0.25) is 5.02 Å². The van der Waals surface area contributed by atoms with Gasteiger partial charge in [-0.1, -0.05) is 29.0 Å². The molecule has 1 aromatic heterocycles. The SMILES string of the molecule is COc1ccc(Cl)c2sc(N(CCCN3CCOCC3)C(=O)Cc3ccc4c(c3)OCO4)nc12. The van der Waals surface area contributed by atoms with E-state index in [4.69, 9.17) is 35.5 Å². The highest BCUT2D eigenvalue weighted by molar-refractivity contribution is 7.23.